The van der Waals surface area contributed by atoms with Gasteiger partial charge in [-0.3, -0.25) is 4.99 Å². The molecule has 0 fully saturated rings. The van der Waals surface area contributed by atoms with E-state index < -0.39 is 9.84 Å². The van der Waals surface area contributed by atoms with Crippen LogP contribution in [0.15, 0.2) is 4.99 Å². The highest BCUT2D eigenvalue weighted by atomic mass is 127. The number of nitrogens with one attached hydrogen (secondary N) is 2. The minimum absolute atomic E-state index is 0. The van der Waals surface area contributed by atoms with Crippen LogP contribution in [0, 0.1) is 5.41 Å². The molecule has 0 aliphatic carbocycles. The number of sulfone groups is 1. The Morgan fingerprint density at radius 2 is 1.56 bits per heavy atom. The van der Waals surface area contributed by atoms with E-state index in [1.54, 1.807) is 7.05 Å². The van der Waals surface area contributed by atoms with Crippen LogP contribution in [-0.2, 0) is 9.84 Å². The fraction of sp³-hybridized carbons (Fsp3) is 0.944. The van der Waals surface area contributed by atoms with Gasteiger partial charge in [0.05, 0.1) is 5.75 Å². The predicted octanol–water partition coefficient (Wildman–Crippen LogP) is 3.98. The summed E-state index contributed by atoms with van der Waals surface area (Å²) in [4.78, 5) is 4.23. The summed E-state index contributed by atoms with van der Waals surface area (Å²) in [6.45, 7) is 8.03. The maximum Gasteiger partial charge on any atom is 0.190 e. The Balaban J connectivity index is 0. The second kappa shape index (κ2) is 15.1. The zero-order chi connectivity index (χ0) is 18.5. The number of unbranched alkanes of at least 4 members (excludes halogenated alkanes) is 6. The van der Waals surface area contributed by atoms with Crippen molar-refractivity contribution >= 4 is 39.8 Å². The average molecular weight is 490 g/mol. The molecule has 5 nitrogen and oxygen atoms in total. The lowest BCUT2D eigenvalue weighted by molar-refractivity contribution is 0.348. The van der Waals surface area contributed by atoms with E-state index in [0.29, 0.717) is 13.0 Å². The molecule has 0 radical (unpaired) electrons. The Labute approximate surface area is 173 Å². The predicted molar refractivity (Wildman–Crippen MR) is 121 cm³/mol. The fourth-order valence-corrected chi connectivity index (χ4v) is 3.31. The van der Waals surface area contributed by atoms with Gasteiger partial charge in [-0.1, -0.05) is 59.3 Å². The van der Waals surface area contributed by atoms with Gasteiger partial charge in [-0.2, -0.15) is 0 Å². The lowest BCUT2D eigenvalue weighted by atomic mass is 9.90. The first kappa shape index (κ1) is 27.2. The SMILES string of the molecule is CCCCCCCCCNC(=NC)NCC(C)(C)CCS(C)(=O)=O.I. The molecule has 0 rings (SSSR count). The summed E-state index contributed by atoms with van der Waals surface area (Å²) in [6.07, 6.45) is 11.0. The van der Waals surface area contributed by atoms with Crippen molar-refractivity contribution in [2.75, 3.05) is 32.1 Å². The van der Waals surface area contributed by atoms with Crippen LogP contribution in [0.4, 0.5) is 0 Å². The van der Waals surface area contributed by atoms with Gasteiger partial charge in [-0.05, 0) is 18.3 Å². The zero-order valence-electron chi connectivity index (χ0n) is 16.9. The molecule has 0 amide bonds. The van der Waals surface area contributed by atoms with Crippen molar-refractivity contribution in [1.82, 2.24) is 10.6 Å². The first-order valence-corrected chi connectivity index (χ1v) is 11.4. The molecule has 0 aliphatic heterocycles. The monoisotopic (exact) mass is 489 g/mol. The highest BCUT2D eigenvalue weighted by Gasteiger charge is 2.20. The van der Waals surface area contributed by atoms with Crippen molar-refractivity contribution in [3.05, 3.63) is 0 Å². The highest BCUT2D eigenvalue weighted by molar-refractivity contribution is 14.0. The van der Waals surface area contributed by atoms with Crippen molar-refractivity contribution in [2.24, 2.45) is 10.4 Å². The van der Waals surface area contributed by atoms with E-state index in [2.05, 4.69) is 36.4 Å². The summed E-state index contributed by atoms with van der Waals surface area (Å²) in [5, 5.41) is 6.65. The van der Waals surface area contributed by atoms with Gasteiger partial charge in [0, 0.05) is 26.4 Å². The third-order valence-electron chi connectivity index (χ3n) is 4.18. The molecule has 0 aromatic heterocycles. The Hall–Kier alpha value is -0.0500. The van der Waals surface area contributed by atoms with Crippen molar-refractivity contribution in [3.63, 3.8) is 0 Å². The van der Waals surface area contributed by atoms with Crippen molar-refractivity contribution < 1.29 is 8.42 Å². The molecule has 0 heterocycles. The van der Waals surface area contributed by atoms with Gasteiger partial charge in [0.15, 0.2) is 5.96 Å². The van der Waals surface area contributed by atoms with E-state index in [-0.39, 0.29) is 35.1 Å². The molecule has 0 aromatic rings. The van der Waals surface area contributed by atoms with Crippen molar-refractivity contribution in [3.8, 4) is 0 Å². The van der Waals surface area contributed by atoms with E-state index in [1.807, 2.05) is 0 Å². The van der Waals surface area contributed by atoms with Crippen LogP contribution >= 0.6 is 24.0 Å². The standard InChI is InChI=1S/C18H39N3O2S.HI/c1-6-7-8-9-10-11-12-14-20-17(19-4)21-16-18(2,3)13-15-24(5,22)23;/h6-16H2,1-5H3,(H2,19,20,21);1H. The van der Waals surface area contributed by atoms with Crippen LogP contribution in [-0.4, -0.2) is 46.5 Å². The van der Waals surface area contributed by atoms with Crippen LogP contribution in [0.5, 0.6) is 0 Å². The number of rotatable bonds is 13. The molecule has 2 N–H and O–H groups in total. The lowest BCUT2D eigenvalue weighted by Crippen LogP contribution is -2.42. The Morgan fingerprint density at radius 3 is 2.08 bits per heavy atom. The molecular weight excluding hydrogens is 449 g/mol. The minimum atomic E-state index is -2.90. The van der Waals surface area contributed by atoms with Gasteiger partial charge in [0.25, 0.3) is 0 Å². The smallest absolute Gasteiger partial charge is 0.190 e. The molecular formula is C18H40IN3O2S. The normalized spacial score (nSPS) is 12.6. The van der Waals surface area contributed by atoms with Gasteiger partial charge in [0.2, 0.25) is 0 Å². The van der Waals surface area contributed by atoms with Crippen LogP contribution in [0.25, 0.3) is 0 Å². The summed E-state index contributed by atoms with van der Waals surface area (Å²) < 4.78 is 22.6. The van der Waals surface area contributed by atoms with Gasteiger partial charge in [-0.15, -0.1) is 24.0 Å². The summed E-state index contributed by atoms with van der Waals surface area (Å²) in [7, 11) is -1.14. The number of aliphatic imine (C=N–C) groups is 1. The second-order valence-electron chi connectivity index (χ2n) is 7.52. The van der Waals surface area contributed by atoms with E-state index in [9.17, 15) is 8.42 Å². The molecule has 0 aliphatic rings. The summed E-state index contributed by atoms with van der Waals surface area (Å²) >= 11 is 0. The number of nitrogens with zero attached hydrogens (tertiary/aromatic N) is 1. The van der Waals surface area contributed by atoms with E-state index in [4.69, 9.17) is 0 Å². The highest BCUT2D eigenvalue weighted by Crippen LogP contribution is 2.19. The van der Waals surface area contributed by atoms with Gasteiger partial charge < -0.3 is 10.6 Å². The quantitative estimate of drug-likeness (QED) is 0.178. The summed E-state index contributed by atoms with van der Waals surface area (Å²) in [5.74, 6) is 1.03. The topological polar surface area (TPSA) is 70.6 Å². The molecule has 0 unspecified atom stereocenters. The first-order valence-electron chi connectivity index (χ1n) is 9.32. The van der Waals surface area contributed by atoms with Crippen molar-refractivity contribution in [2.45, 2.75) is 72.1 Å². The number of guanidine groups is 1. The molecule has 0 saturated heterocycles. The summed E-state index contributed by atoms with van der Waals surface area (Å²) in [6, 6.07) is 0. The van der Waals surface area contributed by atoms with Crippen LogP contribution in [0.2, 0.25) is 0 Å². The maximum atomic E-state index is 11.3. The van der Waals surface area contributed by atoms with Gasteiger partial charge in [0.1, 0.15) is 9.84 Å². The zero-order valence-corrected chi connectivity index (χ0v) is 20.0. The van der Waals surface area contributed by atoms with E-state index in [1.165, 1.54) is 44.8 Å². The molecule has 0 saturated carbocycles. The van der Waals surface area contributed by atoms with Crippen LogP contribution in [0.3, 0.4) is 0 Å². The average Bonchev–Trinajstić information content (AvgIpc) is 2.50. The third-order valence-corrected chi connectivity index (χ3v) is 5.13. The molecule has 0 bridgehead atoms. The van der Waals surface area contributed by atoms with Crippen LogP contribution < -0.4 is 10.6 Å². The number of halogens is 1. The lowest BCUT2D eigenvalue weighted by Gasteiger charge is -2.25. The Morgan fingerprint density at radius 1 is 1.00 bits per heavy atom. The van der Waals surface area contributed by atoms with Crippen molar-refractivity contribution in [1.29, 1.82) is 0 Å². The number of hydrogen-bond donors (Lipinski definition) is 2. The molecule has 25 heavy (non-hydrogen) atoms. The molecule has 0 atom stereocenters. The Bertz CT molecular complexity index is 451. The summed E-state index contributed by atoms with van der Waals surface area (Å²) in [5.41, 5.74) is -0.0834. The van der Waals surface area contributed by atoms with E-state index in [0.717, 1.165) is 18.9 Å². The Kier molecular flexibility index (Phi) is 16.4. The molecule has 152 valence electrons. The molecule has 7 heteroatoms. The van der Waals surface area contributed by atoms with E-state index >= 15 is 0 Å². The third kappa shape index (κ3) is 18.5. The minimum Gasteiger partial charge on any atom is -0.356 e. The first-order chi connectivity index (χ1) is 11.2. The fourth-order valence-electron chi connectivity index (χ4n) is 2.38. The molecule has 0 spiro atoms. The maximum absolute atomic E-state index is 11.3. The molecule has 0 aromatic carbocycles. The largest absolute Gasteiger partial charge is 0.356 e. The second-order valence-corrected chi connectivity index (χ2v) is 9.78. The van der Waals surface area contributed by atoms with Crippen LogP contribution in [0.1, 0.15) is 72.1 Å². The van der Waals surface area contributed by atoms with Gasteiger partial charge in [-0.25, -0.2) is 8.42 Å². The van der Waals surface area contributed by atoms with Gasteiger partial charge >= 0.3 is 0 Å². The number of hydrogen-bond acceptors (Lipinski definition) is 3.